The first-order valence-corrected chi connectivity index (χ1v) is 9.46. The summed E-state index contributed by atoms with van der Waals surface area (Å²) < 4.78 is 9.42. The topological polar surface area (TPSA) is 130 Å². The van der Waals surface area contributed by atoms with Crippen LogP contribution in [0.2, 0.25) is 10.0 Å². The van der Waals surface area contributed by atoms with Crippen LogP contribution in [0.25, 0.3) is 0 Å². The molecular weight excluding hydrogens is 447 g/mol. The number of rotatable bonds is 7. The number of amides is 1. The number of benzene rings is 2. The predicted molar refractivity (Wildman–Crippen MR) is 116 cm³/mol. The molecule has 0 saturated heterocycles. The number of ether oxygens (including phenoxy) is 2. The predicted octanol–water partition coefficient (Wildman–Crippen LogP) is 3.89. The van der Waals surface area contributed by atoms with Crippen molar-refractivity contribution in [3.8, 4) is 6.07 Å². The molecule has 0 atom stereocenters. The highest BCUT2D eigenvalue weighted by molar-refractivity contribution is 6.43. The molecule has 1 amide bonds. The maximum Gasteiger partial charge on any atom is 0.369 e. The lowest BCUT2D eigenvalue weighted by Crippen LogP contribution is -2.18. The zero-order chi connectivity index (χ0) is 23.0. The van der Waals surface area contributed by atoms with Crippen LogP contribution in [-0.4, -0.2) is 37.3 Å². The van der Waals surface area contributed by atoms with E-state index in [1.54, 1.807) is 19.1 Å². The normalized spacial score (nSPS) is 10.6. The van der Waals surface area contributed by atoms with Crippen molar-refractivity contribution in [2.45, 2.75) is 6.92 Å². The molecule has 0 aromatic heterocycles. The van der Waals surface area contributed by atoms with E-state index >= 15 is 0 Å². The van der Waals surface area contributed by atoms with Gasteiger partial charge in [-0.3, -0.25) is 10.2 Å². The van der Waals surface area contributed by atoms with E-state index in [4.69, 9.17) is 37.9 Å². The summed E-state index contributed by atoms with van der Waals surface area (Å²) in [6.07, 6.45) is 0. The van der Waals surface area contributed by atoms with E-state index in [0.717, 1.165) is 0 Å². The second-order valence-electron chi connectivity index (χ2n) is 5.73. The lowest BCUT2D eigenvalue weighted by molar-refractivity contribution is -0.134. The van der Waals surface area contributed by atoms with Gasteiger partial charge < -0.3 is 14.8 Å². The van der Waals surface area contributed by atoms with Crippen molar-refractivity contribution in [3.05, 3.63) is 57.6 Å². The smallest absolute Gasteiger partial charge is 0.369 e. The third-order valence-corrected chi connectivity index (χ3v) is 4.29. The first-order valence-electron chi connectivity index (χ1n) is 8.70. The Morgan fingerprint density at radius 3 is 2.52 bits per heavy atom. The molecule has 31 heavy (non-hydrogen) atoms. The van der Waals surface area contributed by atoms with Gasteiger partial charge in [0.1, 0.15) is 6.07 Å². The Labute approximate surface area is 187 Å². The molecule has 0 radical (unpaired) electrons. The molecule has 0 bridgehead atoms. The van der Waals surface area contributed by atoms with Crippen molar-refractivity contribution in [1.82, 2.24) is 0 Å². The first kappa shape index (κ1) is 23.7. The van der Waals surface area contributed by atoms with E-state index in [1.165, 1.54) is 37.4 Å². The summed E-state index contributed by atoms with van der Waals surface area (Å²) in [5.74, 6) is -2.22. The van der Waals surface area contributed by atoms with Crippen LogP contribution >= 0.6 is 23.2 Å². The average Bonchev–Trinajstić information content (AvgIpc) is 2.76. The lowest BCUT2D eigenvalue weighted by atomic mass is 10.1. The van der Waals surface area contributed by atoms with E-state index in [1.807, 2.05) is 0 Å². The molecule has 0 saturated carbocycles. The molecule has 0 heterocycles. The Kier molecular flexibility index (Phi) is 8.37. The number of anilines is 2. The number of methoxy groups -OCH3 is 1. The van der Waals surface area contributed by atoms with E-state index in [-0.39, 0.29) is 34.1 Å². The van der Waals surface area contributed by atoms with Gasteiger partial charge in [0.25, 0.3) is 5.91 Å². The van der Waals surface area contributed by atoms with Gasteiger partial charge in [0.2, 0.25) is 5.71 Å². The maximum atomic E-state index is 12.6. The molecule has 2 aromatic rings. The number of hydrazone groups is 1. The molecule has 0 aliphatic carbocycles. The van der Waals surface area contributed by atoms with Gasteiger partial charge in [0.05, 0.1) is 35.7 Å². The zero-order valence-corrected chi connectivity index (χ0v) is 17.9. The Hall–Kier alpha value is -3.61. The average molecular weight is 463 g/mol. The van der Waals surface area contributed by atoms with Crippen LogP contribution in [0.3, 0.4) is 0 Å². The summed E-state index contributed by atoms with van der Waals surface area (Å²) >= 11 is 12.0. The van der Waals surface area contributed by atoms with E-state index in [2.05, 4.69) is 15.8 Å². The van der Waals surface area contributed by atoms with Crippen molar-refractivity contribution >= 4 is 58.1 Å². The molecular formula is C20H16Cl2N4O5. The number of hydrogen-bond donors (Lipinski definition) is 2. The Balaban J connectivity index is 2.38. The molecule has 0 aliphatic rings. The van der Waals surface area contributed by atoms with Crippen molar-refractivity contribution in [3.63, 3.8) is 0 Å². The largest absolute Gasteiger partial charge is 0.465 e. The van der Waals surface area contributed by atoms with Gasteiger partial charge in [-0.15, -0.1) is 0 Å². The van der Waals surface area contributed by atoms with Crippen LogP contribution in [0.4, 0.5) is 11.4 Å². The lowest BCUT2D eigenvalue weighted by Gasteiger charge is -2.11. The van der Waals surface area contributed by atoms with Crippen LogP contribution < -0.4 is 10.7 Å². The number of nitrogens with one attached hydrogen (secondary N) is 2. The highest BCUT2D eigenvalue weighted by Gasteiger charge is 2.18. The van der Waals surface area contributed by atoms with E-state index in [9.17, 15) is 14.4 Å². The summed E-state index contributed by atoms with van der Waals surface area (Å²) in [7, 11) is 1.18. The Morgan fingerprint density at radius 2 is 1.87 bits per heavy atom. The number of carbonyl (C=O) groups is 3. The van der Waals surface area contributed by atoms with Crippen LogP contribution in [0.15, 0.2) is 41.5 Å². The molecule has 0 fully saturated rings. The number of nitrogens with zero attached hydrogens (tertiary/aromatic N) is 2. The van der Waals surface area contributed by atoms with Crippen molar-refractivity contribution in [1.29, 1.82) is 5.26 Å². The number of halogens is 2. The van der Waals surface area contributed by atoms with Crippen LogP contribution in [0.5, 0.6) is 0 Å². The summed E-state index contributed by atoms with van der Waals surface area (Å²) in [5.41, 5.74) is 2.32. The minimum Gasteiger partial charge on any atom is -0.465 e. The Bertz CT molecular complexity index is 1100. The Morgan fingerprint density at radius 1 is 1.13 bits per heavy atom. The SMILES string of the molecule is CCOC(=O)/C(C#N)=N\Nc1cc(C(=O)Nc2cc(Cl)ccc2Cl)ccc1C(=O)OC. The number of hydrogen-bond acceptors (Lipinski definition) is 8. The molecule has 0 aliphatic heterocycles. The van der Waals surface area contributed by atoms with Gasteiger partial charge in [-0.05, 0) is 43.3 Å². The van der Waals surface area contributed by atoms with E-state index < -0.39 is 23.6 Å². The number of esters is 2. The molecule has 2 rings (SSSR count). The number of nitriles is 1. The zero-order valence-electron chi connectivity index (χ0n) is 16.4. The molecule has 11 heteroatoms. The fourth-order valence-corrected chi connectivity index (χ4v) is 2.62. The highest BCUT2D eigenvalue weighted by atomic mass is 35.5. The van der Waals surface area contributed by atoms with Crippen LogP contribution in [0, 0.1) is 11.3 Å². The molecule has 160 valence electrons. The van der Waals surface area contributed by atoms with Crippen LogP contribution in [0.1, 0.15) is 27.6 Å². The van der Waals surface area contributed by atoms with Gasteiger partial charge in [-0.2, -0.15) is 10.4 Å². The van der Waals surface area contributed by atoms with Crippen LogP contribution in [-0.2, 0) is 14.3 Å². The second kappa shape index (κ2) is 11.0. The molecule has 2 aromatic carbocycles. The summed E-state index contributed by atoms with van der Waals surface area (Å²) in [5, 5.41) is 16.0. The molecule has 9 nitrogen and oxygen atoms in total. The van der Waals surface area contributed by atoms with Gasteiger partial charge >= 0.3 is 11.9 Å². The number of carbonyl (C=O) groups excluding carboxylic acids is 3. The van der Waals surface area contributed by atoms with Gasteiger partial charge in [-0.25, -0.2) is 9.59 Å². The quantitative estimate of drug-likeness (QED) is 0.362. The monoisotopic (exact) mass is 462 g/mol. The van der Waals surface area contributed by atoms with E-state index in [0.29, 0.717) is 5.02 Å². The fourth-order valence-electron chi connectivity index (χ4n) is 2.29. The van der Waals surface area contributed by atoms with Crippen molar-refractivity contribution < 1.29 is 23.9 Å². The second-order valence-corrected chi connectivity index (χ2v) is 6.58. The third kappa shape index (κ3) is 6.18. The van der Waals surface area contributed by atoms with Crippen molar-refractivity contribution in [2.24, 2.45) is 5.10 Å². The third-order valence-electron chi connectivity index (χ3n) is 3.73. The molecule has 0 spiro atoms. The minimum absolute atomic E-state index is 0.0183. The summed E-state index contributed by atoms with van der Waals surface area (Å²) in [4.78, 5) is 36.4. The maximum absolute atomic E-state index is 12.6. The standard InChI is InChI=1S/C20H16Cl2N4O5/c1-3-31-20(29)17(10-23)26-25-15-8-11(4-6-13(15)19(28)30-2)18(27)24-16-9-12(21)5-7-14(16)22/h4-9,25H,3H2,1-2H3,(H,24,27)/b26-17-. The fraction of sp³-hybridized carbons (Fsp3) is 0.150. The van der Waals surface area contributed by atoms with Gasteiger partial charge in [0.15, 0.2) is 0 Å². The van der Waals surface area contributed by atoms with Gasteiger partial charge in [0, 0.05) is 10.6 Å². The first-order chi connectivity index (χ1) is 14.8. The summed E-state index contributed by atoms with van der Waals surface area (Å²) in [6, 6.07) is 10.2. The van der Waals surface area contributed by atoms with Crippen molar-refractivity contribution in [2.75, 3.05) is 24.5 Å². The summed E-state index contributed by atoms with van der Waals surface area (Å²) in [6.45, 7) is 1.62. The van der Waals surface area contributed by atoms with Gasteiger partial charge in [-0.1, -0.05) is 23.2 Å². The highest BCUT2D eigenvalue weighted by Crippen LogP contribution is 2.26. The minimum atomic E-state index is -0.943. The molecule has 0 unspecified atom stereocenters. The molecule has 2 N–H and O–H groups in total.